The summed E-state index contributed by atoms with van der Waals surface area (Å²) in [6.07, 6.45) is 1.46. The quantitative estimate of drug-likeness (QED) is 0.643. The van der Waals surface area contributed by atoms with E-state index >= 15 is 0 Å². The molecule has 1 aromatic heterocycles. The largest absolute Gasteiger partial charge is 0.350 e. The lowest BCUT2D eigenvalue weighted by molar-refractivity contribution is 0.102. The number of hydrogen-bond donors (Lipinski definition) is 1. The highest BCUT2D eigenvalue weighted by Crippen LogP contribution is 2.15. The van der Waals surface area contributed by atoms with Gasteiger partial charge in [0, 0.05) is 27.9 Å². The number of aryl methyl sites for hydroxylation is 1. The first kappa shape index (κ1) is 15.7. The Morgan fingerprint density at radius 3 is 2.57 bits per heavy atom. The minimum Gasteiger partial charge on any atom is -0.350 e. The maximum Gasteiger partial charge on any atom is 0.261 e. The molecule has 116 valence electrons. The third kappa shape index (κ3) is 3.12. The van der Waals surface area contributed by atoms with Crippen LogP contribution >= 0.6 is 22.6 Å². The van der Waals surface area contributed by atoms with Gasteiger partial charge in [0.15, 0.2) is 0 Å². The van der Waals surface area contributed by atoms with Crippen LogP contribution in [0.2, 0.25) is 0 Å². The van der Waals surface area contributed by atoms with E-state index in [2.05, 4.69) is 27.9 Å². The summed E-state index contributed by atoms with van der Waals surface area (Å²) < 4.78 is 16.1. The number of fused-ring (bicyclic) bond motifs is 1. The van der Waals surface area contributed by atoms with E-state index in [0.29, 0.717) is 11.2 Å². The lowest BCUT2D eigenvalue weighted by atomic mass is 10.1. The van der Waals surface area contributed by atoms with Gasteiger partial charge in [-0.3, -0.25) is 9.59 Å². The Labute approximate surface area is 145 Å². The van der Waals surface area contributed by atoms with Crippen molar-refractivity contribution >= 4 is 45.1 Å². The molecule has 3 aromatic rings. The fourth-order valence-corrected chi connectivity index (χ4v) is 2.72. The fraction of sp³-hybridized carbons (Fsp3) is 0.0588. The van der Waals surface area contributed by atoms with E-state index in [1.54, 1.807) is 23.7 Å². The summed E-state index contributed by atoms with van der Waals surface area (Å²) in [4.78, 5) is 24.9. The number of benzene rings is 2. The van der Waals surface area contributed by atoms with E-state index in [1.807, 2.05) is 12.1 Å². The Balaban J connectivity index is 2.05. The fourth-order valence-electron chi connectivity index (χ4n) is 2.36. The van der Waals surface area contributed by atoms with Crippen molar-refractivity contribution in [2.45, 2.75) is 0 Å². The number of amides is 1. The van der Waals surface area contributed by atoms with Gasteiger partial charge in [-0.1, -0.05) is 0 Å². The molecule has 0 aliphatic carbocycles. The number of pyridine rings is 1. The second-order valence-corrected chi connectivity index (χ2v) is 6.35. The number of hydrogen-bond acceptors (Lipinski definition) is 2. The molecule has 3 rings (SSSR count). The molecule has 1 N–H and O–H groups in total. The highest BCUT2D eigenvalue weighted by atomic mass is 127. The SMILES string of the molecule is Cn1cc(C(=O)Nc2ccc(I)cc2)c(=O)c2cc(F)ccc21. The zero-order chi connectivity index (χ0) is 16.6. The van der Waals surface area contributed by atoms with Crippen molar-refractivity contribution in [3.05, 3.63) is 73.8 Å². The molecule has 0 radical (unpaired) electrons. The van der Waals surface area contributed by atoms with Gasteiger partial charge < -0.3 is 9.88 Å². The molecule has 0 spiro atoms. The smallest absolute Gasteiger partial charge is 0.261 e. The molecule has 4 nitrogen and oxygen atoms in total. The van der Waals surface area contributed by atoms with Gasteiger partial charge in [0.1, 0.15) is 11.4 Å². The maximum absolute atomic E-state index is 13.4. The normalized spacial score (nSPS) is 10.7. The van der Waals surface area contributed by atoms with Crippen LogP contribution in [0.25, 0.3) is 10.9 Å². The van der Waals surface area contributed by atoms with Crippen LogP contribution in [0.3, 0.4) is 0 Å². The summed E-state index contributed by atoms with van der Waals surface area (Å²) in [5, 5.41) is 2.87. The lowest BCUT2D eigenvalue weighted by Gasteiger charge is -2.10. The number of rotatable bonds is 2. The van der Waals surface area contributed by atoms with Gasteiger partial charge in [-0.05, 0) is 65.1 Å². The summed E-state index contributed by atoms with van der Waals surface area (Å²) in [5.41, 5.74) is 0.656. The van der Waals surface area contributed by atoms with Crippen molar-refractivity contribution in [3.8, 4) is 0 Å². The van der Waals surface area contributed by atoms with Crippen LogP contribution in [0.15, 0.2) is 53.5 Å². The van der Waals surface area contributed by atoms with Crippen LogP contribution in [-0.2, 0) is 7.05 Å². The number of anilines is 1. The van der Waals surface area contributed by atoms with E-state index in [9.17, 15) is 14.0 Å². The molecule has 1 amide bonds. The van der Waals surface area contributed by atoms with Crippen molar-refractivity contribution in [1.29, 1.82) is 0 Å². The molecule has 2 aromatic carbocycles. The van der Waals surface area contributed by atoms with Crippen molar-refractivity contribution in [1.82, 2.24) is 4.57 Å². The predicted molar refractivity (Wildman–Crippen MR) is 96.3 cm³/mol. The highest BCUT2D eigenvalue weighted by Gasteiger charge is 2.15. The van der Waals surface area contributed by atoms with Crippen LogP contribution in [0.4, 0.5) is 10.1 Å². The van der Waals surface area contributed by atoms with Crippen LogP contribution in [0, 0.1) is 9.39 Å². The minimum absolute atomic E-state index is 0.0239. The summed E-state index contributed by atoms with van der Waals surface area (Å²) in [5.74, 6) is -1.03. The number of halogens is 2. The van der Waals surface area contributed by atoms with Crippen LogP contribution in [0.1, 0.15) is 10.4 Å². The van der Waals surface area contributed by atoms with Crippen LogP contribution in [-0.4, -0.2) is 10.5 Å². The summed E-state index contributed by atoms with van der Waals surface area (Å²) in [6, 6.07) is 11.2. The average Bonchev–Trinajstić information content (AvgIpc) is 2.53. The number of aromatic nitrogens is 1. The van der Waals surface area contributed by atoms with Gasteiger partial charge in [0.25, 0.3) is 5.91 Å². The number of nitrogens with zero attached hydrogens (tertiary/aromatic N) is 1. The van der Waals surface area contributed by atoms with Gasteiger partial charge in [0.2, 0.25) is 5.43 Å². The number of nitrogens with one attached hydrogen (secondary N) is 1. The van der Waals surface area contributed by atoms with Crippen LogP contribution < -0.4 is 10.7 Å². The Hall–Kier alpha value is -2.22. The third-order valence-electron chi connectivity index (χ3n) is 3.50. The molecule has 0 atom stereocenters. The van der Waals surface area contributed by atoms with E-state index in [4.69, 9.17) is 0 Å². The van der Waals surface area contributed by atoms with Gasteiger partial charge in [-0.15, -0.1) is 0 Å². The first-order valence-corrected chi connectivity index (χ1v) is 7.89. The maximum atomic E-state index is 13.4. The second-order valence-electron chi connectivity index (χ2n) is 5.11. The van der Waals surface area contributed by atoms with E-state index in [1.165, 1.54) is 18.3 Å². The molecule has 0 aliphatic rings. The summed E-state index contributed by atoms with van der Waals surface area (Å²) in [6.45, 7) is 0. The second kappa shape index (κ2) is 6.11. The molecule has 1 heterocycles. The average molecular weight is 422 g/mol. The zero-order valence-electron chi connectivity index (χ0n) is 12.1. The highest BCUT2D eigenvalue weighted by molar-refractivity contribution is 14.1. The van der Waals surface area contributed by atoms with Crippen molar-refractivity contribution in [3.63, 3.8) is 0 Å². The molecular formula is C17H12FIN2O2. The van der Waals surface area contributed by atoms with Crippen LogP contribution in [0.5, 0.6) is 0 Å². The topological polar surface area (TPSA) is 51.1 Å². The Morgan fingerprint density at radius 1 is 1.17 bits per heavy atom. The first-order chi connectivity index (χ1) is 11.0. The van der Waals surface area contributed by atoms with Gasteiger partial charge >= 0.3 is 0 Å². The zero-order valence-corrected chi connectivity index (χ0v) is 14.3. The molecule has 0 fully saturated rings. The molecule has 0 saturated heterocycles. The molecule has 0 unspecified atom stereocenters. The predicted octanol–water partition coefficient (Wildman–Crippen LogP) is 3.53. The minimum atomic E-state index is -0.516. The van der Waals surface area contributed by atoms with E-state index in [0.717, 1.165) is 9.64 Å². The Kier molecular flexibility index (Phi) is 4.16. The molecule has 0 saturated carbocycles. The van der Waals surface area contributed by atoms with E-state index in [-0.39, 0.29) is 10.9 Å². The molecule has 6 heteroatoms. The summed E-state index contributed by atoms with van der Waals surface area (Å²) in [7, 11) is 1.71. The first-order valence-electron chi connectivity index (χ1n) is 6.81. The van der Waals surface area contributed by atoms with Gasteiger partial charge in [0.05, 0.1) is 5.52 Å². The Bertz CT molecular complexity index is 965. The van der Waals surface area contributed by atoms with E-state index < -0.39 is 17.2 Å². The molecule has 0 aliphatic heterocycles. The molecule has 0 bridgehead atoms. The Morgan fingerprint density at radius 2 is 1.87 bits per heavy atom. The number of carbonyl (C=O) groups is 1. The van der Waals surface area contributed by atoms with Crippen molar-refractivity contribution in [2.24, 2.45) is 7.05 Å². The molecular weight excluding hydrogens is 410 g/mol. The summed E-state index contributed by atoms with van der Waals surface area (Å²) >= 11 is 2.16. The number of carbonyl (C=O) groups excluding carboxylic acids is 1. The standard InChI is InChI=1S/C17H12FIN2O2/c1-21-9-14(16(22)13-8-10(18)2-7-15(13)21)17(23)20-12-5-3-11(19)4-6-12/h2-9H,1H3,(H,20,23). The third-order valence-corrected chi connectivity index (χ3v) is 4.22. The monoisotopic (exact) mass is 422 g/mol. The van der Waals surface area contributed by atoms with Crippen molar-refractivity contribution < 1.29 is 9.18 Å². The van der Waals surface area contributed by atoms with Gasteiger partial charge in [-0.25, -0.2) is 4.39 Å². The van der Waals surface area contributed by atoms with Gasteiger partial charge in [-0.2, -0.15) is 0 Å². The van der Waals surface area contributed by atoms with Crippen molar-refractivity contribution in [2.75, 3.05) is 5.32 Å². The lowest BCUT2D eigenvalue weighted by Crippen LogP contribution is -2.23. The molecule has 23 heavy (non-hydrogen) atoms.